The number of morpholine rings is 1. The van der Waals surface area contributed by atoms with E-state index in [-0.39, 0.29) is 11.9 Å². The maximum absolute atomic E-state index is 12.6. The van der Waals surface area contributed by atoms with E-state index in [0.29, 0.717) is 25.8 Å². The van der Waals surface area contributed by atoms with E-state index < -0.39 is 0 Å². The summed E-state index contributed by atoms with van der Waals surface area (Å²) in [5, 5.41) is 3.33. The molecule has 0 aromatic heterocycles. The van der Waals surface area contributed by atoms with Crippen molar-refractivity contribution < 1.29 is 9.53 Å². The van der Waals surface area contributed by atoms with E-state index in [2.05, 4.69) is 26.1 Å². The quantitative estimate of drug-likeness (QED) is 0.919. The maximum atomic E-state index is 12.6. The molecule has 1 aliphatic heterocycles. The van der Waals surface area contributed by atoms with Crippen molar-refractivity contribution in [3.05, 3.63) is 29.8 Å². The molecule has 0 spiro atoms. The average Bonchev–Trinajstić information content (AvgIpc) is 2.46. The van der Waals surface area contributed by atoms with Gasteiger partial charge in [0.1, 0.15) is 0 Å². The van der Waals surface area contributed by atoms with Crippen molar-refractivity contribution in [1.29, 1.82) is 0 Å². The molecule has 1 aliphatic rings. The Morgan fingerprint density at radius 1 is 1.50 bits per heavy atom. The summed E-state index contributed by atoms with van der Waals surface area (Å²) in [7, 11) is 0. The summed E-state index contributed by atoms with van der Waals surface area (Å²) in [6.45, 7) is 8.22. The molecular formula is C16H24N2O2. The fourth-order valence-electron chi connectivity index (χ4n) is 2.50. The van der Waals surface area contributed by atoms with Crippen LogP contribution < -0.4 is 5.32 Å². The lowest BCUT2D eigenvalue weighted by Gasteiger charge is -2.35. The highest BCUT2D eigenvalue weighted by molar-refractivity contribution is 5.95. The molecule has 1 atom stereocenters. The van der Waals surface area contributed by atoms with E-state index in [0.717, 1.165) is 17.7 Å². The number of hydrogen-bond donors (Lipinski definition) is 1. The van der Waals surface area contributed by atoms with Gasteiger partial charge in [-0.05, 0) is 38.5 Å². The predicted octanol–water partition coefficient (Wildman–Crippen LogP) is 2.76. The zero-order valence-corrected chi connectivity index (χ0v) is 12.6. The number of carbonyl (C=O) groups is 1. The number of nitrogens with one attached hydrogen (secondary N) is 1. The predicted molar refractivity (Wildman–Crippen MR) is 81.1 cm³/mol. The Bertz CT molecular complexity index is 460. The minimum Gasteiger partial charge on any atom is -0.383 e. The maximum Gasteiger partial charge on any atom is 0.254 e. The van der Waals surface area contributed by atoms with Crippen molar-refractivity contribution >= 4 is 11.6 Å². The van der Waals surface area contributed by atoms with Crippen molar-refractivity contribution in [2.75, 3.05) is 25.1 Å². The lowest BCUT2D eigenvalue weighted by atomic mass is 10.1. The van der Waals surface area contributed by atoms with Gasteiger partial charge in [-0.1, -0.05) is 13.0 Å². The number of rotatable bonds is 4. The molecule has 1 aromatic carbocycles. The smallest absolute Gasteiger partial charge is 0.254 e. The van der Waals surface area contributed by atoms with E-state index in [1.807, 2.05) is 29.2 Å². The second-order valence-corrected chi connectivity index (χ2v) is 5.52. The van der Waals surface area contributed by atoms with Crippen LogP contribution in [0.5, 0.6) is 0 Å². The van der Waals surface area contributed by atoms with Gasteiger partial charge in [0.25, 0.3) is 5.91 Å². The molecule has 4 heteroatoms. The number of amides is 1. The third kappa shape index (κ3) is 3.51. The fourth-order valence-corrected chi connectivity index (χ4v) is 2.50. The molecule has 1 heterocycles. The van der Waals surface area contributed by atoms with Gasteiger partial charge >= 0.3 is 0 Å². The molecule has 0 aliphatic carbocycles. The Morgan fingerprint density at radius 2 is 2.30 bits per heavy atom. The van der Waals surface area contributed by atoms with E-state index in [1.54, 1.807) is 0 Å². The normalized spacial score (nSPS) is 19.2. The van der Waals surface area contributed by atoms with Crippen LogP contribution in [0.3, 0.4) is 0 Å². The Labute approximate surface area is 121 Å². The van der Waals surface area contributed by atoms with Crippen LogP contribution >= 0.6 is 0 Å². The standard InChI is InChI=1S/C16H24N2O2/c1-4-15-11-20-9-8-18(15)16(19)13-6-5-7-14(10-13)17-12(2)3/h5-7,10,12,15,17H,4,8-9,11H2,1-3H3/t15-/m0/s1. The molecule has 0 saturated carbocycles. The number of hydrogen-bond acceptors (Lipinski definition) is 3. The highest BCUT2D eigenvalue weighted by atomic mass is 16.5. The SMILES string of the molecule is CC[C@H]1COCCN1C(=O)c1cccc(NC(C)C)c1. The van der Waals surface area contributed by atoms with Crippen LogP contribution in [0.2, 0.25) is 0 Å². The van der Waals surface area contributed by atoms with E-state index in [4.69, 9.17) is 4.74 Å². The summed E-state index contributed by atoms with van der Waals surface area (Å²) < 4.78 is 5.46. The molecule has 0 radical (unpaired) electrons. The van der Waals surface area contributed by atoms with Crippen molar-refractivity contribution in [2.24, 2.45) is 0 Å². The highest BCUT2D eigenvalue weighted by Gasteiger charge is 2.26. The van der Waals surface area contributed by atoms with Gasteiger partial charge in [0.2, 0.25) is 0 Å². The largest absolute Gasteiger partial charge is 0.383 e. The summed E-state index contributed by atoms with van der Waals surface area (Å²) in [6.07, 6.45) is 0.926. The van der Waals surface area contributed by atoms with Gasteiger partial charge in [-0.25, -0.2) is 0 Å². The van der Waals surface area contributed by atoms with Gasteiger partial charge in [-0.2, -0.15) is 0 Å². The summed E-state index contributed by atoms with van der Waals surface area (Å²) in [5.74, 6) is 0.104. The van der Waals surface area contributed by atoms with Crippen molar-refractivity contribution in [2.45, 2.75) is 39.3 Å². The minimum atomic E-state index is 0.104. The number of carbonyl (C=O) groups excluding carboxylic acids is 1. The third-order valence-corrected chi connectivity index (χ3v) is 3.52. The van der Waals surface area contributed by atoms with Crippen molar-refractivity contribution in [3.8, 4) is 0 Å². The number of anilines is 1. The summed E-state index contributed by atoms with van der Waals surface area (Å²) >= 11 is 0. The highest BCUT2D eigenvalue weighted by Crippen LogP contribution is 2.18. The fraction of sp³-hybridized carbons (Fsp3) is 0.562. The van der Waals surface area contributed by atoms with Crippen LogP contribution in [-0.2, 0) is 4.74 Å². The first-order valence-corrected chi connectivity index (χ1v) is 7.37. The molecule has 4 nitrogen and oxygen atoms in total. The summed E-state index contributed by atoms with van der Waals surface area (Å²) in [5.41, 5.74) is 1.74. The van der Waals surface area contributed by atoms with Crippen LogP contribution in [0.1, 0.15) is 37.6 Å². The molecule has 1 saturated heterocycles. The van der Waals surface area contributed by atoms with Gasteiger partial charge in [0, 0.05) is 23.8 Å². The lowest BCUT2D eigenvalue weighted by molar-refractivity contribution is -0.00279. The molecule has 1 N–H and O–H groups in total. The minimum absolute atomic E-state index is 0.104. The Balaban J connectivity index is 2.15. The first kappa shape index (κ1) is 14.9. The van der Waals surface area contributed by atoms with Gasteiger partial charge in [-0.3, -0.25) is 4.79 Å². The molecule has 1 amide bonds. The molecule has 2 rings (SSSR count). The van der Waals surface area contributed by atoms with Crippen LogP contribution in [-0.4, -0.2) is 42.6 Å². The van der Waals surface area contributed by atoms with Gasteiger partial charge in [0.15, 0.2) is 0 Å². The van der Waals surface area contributed by atoms with Crippen molar-refractivity contribution in [1.82, 2.24) is 4.90 Å². The molecular weight excluding hydrogens is 252 g/mol. The van der Waals surface area contributed by atoms with Crippen LogP contribution in [0.25, 0.3) is 0 Å². The van der Waals surface area contributed by atoms with Crippen molar-refractivity contribution in [3.63, 3.8) is 0 Å². The molecule has 0 unspecified atom stereocenters. The summed E-state index contributed by atoms with van der Waals surface area (Å²) in [4.78, 5) is 14.6. The van der Waals surface area contributed by atoms with Gasteiger partial charge in [0.05, 0.1) is 19.3 Å². The Hall–Kier alpha value is -1.55. The second kappa shape index (κ2) is 6.75. The Kier molecular flexibility index (Phi) is 5.01. The zero-order valence-electron chi connectivity index (χ0n) is 12.6. The van der Waals surface area contributed by atoms with Crippen LogP contribution in [0.4, 0.5) is 5.69 Å². The van der Waals surface area contributed by atoms with E-state index in [1.165, 1.54) is 0 Å². The number of ether oxygens (including phenoxy) is 1. The molecule has 110 valence electrons. The first-order chi connectivity index (χ1) is 9.61. The molecule has 1 aromatic rings. The van der Waals surface area contributed by atoms with Crippen LogP contribution in [0, 0.1) is 0 Å². The Morgan fingerprint density at radius 3 is 3.00 bits per heavy atom. The summed E-state index contributed by atoms with van der Waals surface area (Å²) in [6, 6.07) is 8.29. The van der Waals surface area contributed by atoms with Gasteiger partial charge in [-0.15, -0.1) is 0 Å². The third-order valence-electron chi connectivity index (χ3n) is 3.52. The molecule has 20 heavy (non-hydrogen) atoms. The lowest BCUT2D eigenvalue weighted by Crippen LogP contribution is -2.48. The topological polar surface area (TPSA) is 41.6 Å². The van der Waals surface area contributed by atoms with E-state index in [9.17, 15) is 4.79 Å². The first-order valence-electron chi connectivity index (χ1n) is 7.37. The molecule has 0 bridgehead atoms. The monoisotopic (exact) mass is 276 g/mol. The average molecular weight is 276 g/mol. The zero-order chi connectivity index (χ0) is 14.5. The molecule has 1 fully saturated rings. The van der Waals surface area contributed by atoms with Gasteiger partial charge < -0.3 is 15.0 Å². The van der Waals surface area contributed by atoms with E-state index >= 15 is 0 Å². The second-order valence-electron chi connectivity index (χ2n) is 5.52. The van der Waals surface area contributed by atoms with Crippen LogP contribution in [0.15, 0.2) is 24.3 Å². The number of benzene rings is 1. The number of nitrogens with zero attached hydrogens (tertiary/aromatic N) is 1.